The summed E-state index contributed by atoms with van der Waals surface area (Å²) in [5.74, 6) is 0.0525. The number of hydrogen-bond acceptors (Lipinski definition) is 4. The molecule has 0 aliphatic rings. The second kappa shape index (κ2) is 8.35. The molecule has 0 aliphatic heterocycles. The molecule has 0 spiro atoms. The van der Waals surface area contributed by atoms with E-state index in [-0.39, 0.29) is 43.7 Å². The van der Waals surface area contributed by atoms with Crippen molar-refractivity contribution in [1.29, 1.82) is 0 Å². The average Bonchev–Trinajstić information content (AvgIpc) is 2.59. The third kappa shape index (κ3) is 4.73. The van der Waals surface area contributed by atoms with Crippen molar-refractivity contribution in [2.45, 2.75) is 18.2 Å². The Bertz CT molecular complexity index is 949. The molecule has 0 saturated carbocycles. The van der Waals surface area contributed by atoms with E-state index < -0.39 is 10.0 Å². The average molecular weight is 438 g/mol. The van der Waals surface area contributed by atoms with E-state index in [4.69, 9.17) is 39.5 Å². The predicted molar refractivity (Wildman–Crippen MR) is 104 cm³/mol. The molecule has 0 unspecified atom stereocenters. The molecule has 0 radical (unpaired) electrons. The molecule has 2 aromatic rings. The third-order valence-corrected chi connectivity index (χ3v) is 5.73. The van der Waals surface area contributed by atoms with Gasteiger partial charge in [0.25, 0.3) is 10.0 Å². The van der Waals surface area contributed by atoms with E-state index in [1.165, 1.54) is 37.4 Å². The molecule has 0 fully saturated rings. The van der Waals surface area contributed by atoms with Gasteiger partial charge >= 0.3 is 0 Å². The number of carbonyl (C=O) groups is 1. The normalized spacial score (nSPS) is 11.1. The van der Waals surface area contributed by atoms with Crippen LogP contribution in [-0.4, -0.2) is 21.4 Å². The van der Waals surface area contributed by atoms with Gasteiger partial charge in [0, 0.05) is 6.42 Å². The maximum Gasteiger partial charge on any atom is 0.262 e. The molecule has 0 heterocycles. The van der Waals surface area contributed by atoms with E-state index in [9.17, 15) is 13.2 Å². The summed E-state index contributed by atoms with van der Waals surface area (Å²) in [6.07, 6.45) is 0.233. The van der Waals surface area contributed by atoms with Crippen molar-refractivity contribution >= 4 is 62.1 Å². The number of ether oxygens (including phenoxy) is 1. The minimum atomic E-state index is -4.00. The van der Waals surface area contributed by atoms with Gasteiger partial charge in [0.05, 0.1) is 38.4 Å². The van der Waals surface area contributed by atoms with E-state index in [2.05, 4.69) is 10.0 Å². The van der Waals surface area contributed by atoms with Gasteiger partial charge in [0.15, 0.2) is 0 Å². The van der Waals surface area contributed by atoms with Crippen LogP contribution in [0.3, 0.4) is 0 Å². The fraction of sp³-hybridized carbons (Fsp3) is 0.188. The van der Waals surface area contributed by atoms with Gasteiger partial charge in [-0.3, -0.25) is 9.52 Å². The Morgan fingerprint density at radius 3 is 2.31 bits per heavy atom. The highest BCUT2D eigenvalue weighted by Gasteiger charge is 2.19. The number of halogens is 3. The number of sulfonamides is 1. The van der Waals surface area contributed by atoms with Crippen LogP contribution >= 0.6 is 34.8 Å². The minimum Gasteiger partial charge on any atom is -0.495 e. The summed E-state index contributed by atoms with van der Waals surface area (Å²) in [6.45, 7) is 1.68. The Morgan fingerprint density at radius 1 is 1.04 bits per heavy atom. The lowest BCUT2D eigenvalue weighted by Crippen LogP contribution is -2.15. The summed E-state index contributed by atoms with van der Waals surface area (Å²) >= 11 is 17.8. The molecule has 0 aliphatic carbocycles. The topological polar surface area (TPSA) is 84.5 Å². The fourth-order valence-electron chi connectivity index (χ4n) is 1.99. The molecule has 26 heavy (non-hydrogen) atoms. The van der Waals surface area contributed by atoms with E-state index in [1.807, 2.05) is 0 Å². The highest BCUT2D eigenvalue weighted by Crippen LogP contribution is 2.34. The van der Waals surface area contributed by atoms with Crippen molar-refractivity contribution in [3.05, 3.63) is 45.4 Å². The van der Waals surface area contributed by atoms with Crippen LogP contribution in [0.1, 0.15) is 13.3 Å². The lowest BCUT2D eigenvalue weighted by molar-refractivity contribution is -0.115. The fourth-order valence-corrected chi connectivity index (χ4v) is 3.74. The Hall–Kier alpha value is -1.67. The zero-order valence-corrected chi connectivity index (χ0v) is 16.9. The van der Waals surface area contributed by atoms with Crippen LogP contribution < -0.4 is 14.8 Å². The van der Waals surface area contributed by atoms with Gasteiger partial charge in [-0.15, -0.1) is 0 Å². The van der Waals surface area contributed by atoms with Crippen molar-refractivity contribution in [2.75, 3.05) is 17.1 Å². The first-order valence-corrected chi connectivity index (χ1v) is 9.95. The number of anilines is 2. The smallest absolute Gasteiger partial charge is 0.262 e. The predicted octanol–water partition coefficient (Wildman–Crippen LogP) is 4.80. The van der Waals surface area contributed by atoms with Crippen LogP contribution in [0, 0.1) is 0 Å². The maximum atomic E-state index is 12.7. The Kier molecular flexibility index (Phi) is 6.63. The van der Waals surface area contributed by atoms with E-state index in [0.29, 0.717) is 5.75 Å². The van der Waals surface area contributed by atoms with Gasteiger partial charge in [0.1, 0.15) is 5.75 Å². The summed E-state index contributed by atoms with van der Waals surface area (Å²) < 4.78 is 32.8. The van der Waals surface area contributed by atoms with E-state index >= 15 is 0 Å². The molecule has 1 amide bonds. The summed E-state index contributed by atoms with van der Waals surface area (Å²) in [6, 6.07) is 6.72. The Labute approximate surface area is 166 Å². The molecule has 140 valence electrons. The van der Waals surface area contributed by atoms with Gasteiger partial charge < -0.3 is 10.1 Å². The Balaban J connectivity index is 2.41. The van der Waals surface area contributed by atoms with Crippen LogP contribution in [0.15, 0.2) is 35.2 Å². The molecule has 2 aromatic carbocycles. The zero-order valence-electron chi connectivity index (χ0n) is 13.8. The van der Waals surface area contributed by atoms with Crippen LogP contribution in [0.5, 0.6) is 5.75 Å². The molecular weight excluding hydrogens is 423 g/mol. The summed E-state index contributed by atoms with van der Waals surface area (Å²) in [5.41, 5.74) is 0.318. The molecule has 2 rings (SSSR count). The first-order valence-electron chi connectivity index (χ1n) is 7.33. The second-order valence-electron chi connectivity index (χ2n) is 5.12. The van der Waals surface area contributed by atoms with Crippen LogP contribution in [0.25, 0.3) is 0 Å². The third-order valence-electron chi connectivity index (χ3n) is 3.33. The molecule has 0 atom stereocenters. The first kappa shape index (κ1) is 20.6. The second-order valence-corrected chi connectivity index (χ2v) is 8.02. The Morgan fingerprint density at radius 2 is 1.69 bits per heavy atom. The minimum absolute atomic E-state index is 0.0797. The van der Waals surface area contributed by atoms with Gasteiger partial charge in [-0.05, 0) is 30.3 Å². The highest BCUT2D eigenvalue weighted by molar-refractivity contribution is 7.92. The lowest BCUT2D eigenvalue weighted by Gasteiger charge is -2.14. The number of methoxy groups -OCH3 is 1. The molecule has 0 aromatic heterocycles. The maximum absolute atomic E-state index is 12.7. The number of rotatable bonds is 6. The van der Waals surface area contributed by atoms with Crippen LogP contribution in [0.2, 0.25) is 15.1 Å². The molecule has 0 saturated heterocycles. The molecule has 10 heteroatoms. The molecule has 0 bridgehead atoms. The van der Waals surface area contributed by atoms with E-state index in [1.54, 1.807) is 6.92 Å². The van der Waals surface area contributed by atoms with Crippen LogP contribution in [-0.2, 0) is 14.8 Å². The highest BCUT2D eigenvalue weighted by atomic mass is 35.5. The van der Waals surface area contributed by atoms with Crippen molar-refractivity contribution in [2.24, 2.45) is 0 Å². The number of benzene rings is 2. The lowest BCUT2D eigenvalue weighted by atomic mass is 10.3. The summed E-state index contributed by atoms with van der Waals surface area (Å²) in [5, 5.41) is 3.04. The standard InChI is InChI=1S/C16H15Cl3N2O4S/c1-3-16(22)20-14-6-9(4-5-15(14)25-2)26(23,24)21-13-8-11(18)10(17)7-12(13)19/h4-8,21H,3H2,1-2H3,(H,20,22). The van der Waals surface area contributed by atoms with Gasteiger partial charge in [0.2, 0.25) is 5.91 Å². The number of nitrogens with one attached hydrogen (secondary N) is 2. The first-order chi connectivity index (χ1) is 12.2. The van der Waals surface area contributed by atoms with Crippen molar-refractivity contribution in [1.82, 2.24) is 0 Å². The summed E-state index contributed by atoms with van der Waals surface area (Å²) in [7, 11) is -2.58. The van der Waals surface area contributed by atoms with Crippen molar-refractivity contribution in [3.63, 3.8) is 0 Å². The van der Waals surface area contributed by atoms with Crippen LogP contribution in [0.4, 0.5) is 11.4 Å². The molecule has 6 nitrogen and oxygen atoms in total. The quantitative estimate of drug-likeness (QED) is 0.635. The monoisotopic (exact) mass is 436 g/mol. The largest absolute Gasteiger partial charge is 0.495 e. The number of amides is 1. The van der Waals surface area contributed by atoms with E-state index in [0.717, 1.165) is 0 Å². The van der Waals surface area contributed by atoms with Crippen molar-refractivity contribution < 1.29 is 17.9 Å². The number of carbonyl (C=O) groups excluding carboxylic acids is 1. The number of hydrogen-bond donors (Lipinski definition) is 2. The SMILES string of the molecule is CCC(=O)Nc1cc(S(=O)(=O)Nc2cc(Cl)c(Cl)cc2Cl)ccc1OC. The zero-order chi connectivity index (χ0) is 19.5. The van der Waals surface area contributed by atoms with Gasteiger partial charge in [-0.25, -0.2) is 8.42 Å². The molecular formula is C16H15Cl3N2O4S. The van der Waals surface area contributed by atoms with Crippen molar-refractivity contribution in [3.8, 4) is 5.75 Å². The molecule has 2 N–H and O–H groups in total. The van der Waals surface area contributed by atoms with Gasteiger partial charge in [-0.1, -0.05) is 41.7 Å². The summed E-state index contributed by atoms with van der Waals surface area (Å²) in [4.78, 5) is 11.5. The van der Waals surface area contributed by atoms with Gasteiger partial charge in [-0.2, -0.15) is 0 Å².